The minimum Gasteiger partial charge on any atom is -0.492 e. The highest BCUT2D eigenvalue weighted by atomic mass is 79.9. The molecule has 0 aliphatic carbocycles. The van der Waals surface area contributed by atoms with Gasteiger partial charge in [-0.25, -0.2) is 4.79 Å². The summed E-state index contributed by atoms with van der Waals surface area (Å²) in [6, 6.07) is 5.36. The highest BCUT2D eigenvalue weighted by molar-refractivity contribution is 9.10. The van der Waals surface area contributed by atoms with Crippen LogP contribution in [0, 0.1) is 0 Å². The number of rotatable bonds is 3. The van der Waals surface area contributed by atoms with E-state index in [2.05, 4.69) is 20.9 Å². The van der Waals surface area contributed by atoms with E-state index in [1.807, 2.05) is 13.0 Å². The van der Waals surface area contributed by atoms with E-state index in [0.29, 0.717) is 18.0 Å². The molecule has 0 bridgehead atoms. The van der Waals surface area contributed by atoms with Crippen LogP contribution < -0.4 is 4.74 Å². The summed E-state index contributed by atoms with van der Waals surface area (Å²) in [6.07, 6.45) is 1.49. The molecule has 0 fully saturated rings. The molecule has 1 aromatic carbocycles. The Bertz CT molecular complexity index is 345. The maximum Gasteiger partial charge on any atom is 0.240 e. The largest absolute Gasteiger partial charge is 0.492 e. The Labute approximate surface area is 84.6 Å². The summed E-state index contributed by atoms with van der Waals surface area (Å²) in [7, 11) is 0. The summed E-state index contributed by atoms with van der Waals surface area (Å²) in [5.41, 5.74) is 0.486. The summed E-state index contributed by atoms with van der Waals surface area (Å²) < 4.78 is 5.99. The SMILES string of the molecule is CCOc1cccc(Br)c1N=C=O. The number of aliphatic imine (C=N–C) groups is 1. The lowest BCUT2D eigenvalue weighted by Gasteiger charge is -2.05. The fourth-order valence-electron chi connectivity index (χ4n) is 0.922. The van der Waals surface area contributed by atoms with Crippen molar-refractivity contribution in [3.05, 3.63) is 22.7 Å². The molecule has 0 aliphatic rings. The van der Waals surface area contributed by atoms with Gasteiger partial charge in [-0.3, -0.25) is 0 Å². The van der Waals surface area contributed by atoms with Gasteiger partial charge in [-0.05, 0) is 35.0 Å². The predicted molar refractivity (Wildman–Crippen MR) is 53.1 cm³/mol. The molecule has 0 aromatic heterocycles. The number of isocyanates is 1. The second kappa shape index (κ2) is 4.80. The van der Waals surface area contributed by atoms with Crippen LogP contribution in [0.1, 0.15) is 6.92 Å². The van der Waals surface area contributed by atoms with E-state index in [1.165, 1.54) is 6.08 Å². The van der Waals surface area contributed by atoms with Crippen LogP contribution >= 0.6 is 15.9 Å². The molecule has 4 heteroatoms. The zero-order chi connectivity index (χ0) is 9.68. The van der Waals surface area contributed by atoms with Gasteiger partial charge in [-0.1, -0.05) is 6.07 Å². The summed E-state index contributed by atoms with van der Waals surface area (Å²) in [5.74, 6) is 0.584. The Morgan fingerprint density at radius 3 is 3.00 bits per heavy atom. The molecule has 0 saturated carbocycles. The van der Waals surface area contributed by atoms with Crippen molar-refractivity contribution >= 4 is 27.7 Å². The van der Waals surface area contributed by atoms with Gasteiger partial charge in [0, 0.05) is 4.47 Å². The van der Waals surface area contributed by atoms with E-state index < -0.39 is 0 Å². The van der Waals surface area contributed by atoms with E-state index in [4.69, 9.17) is 4.74 Å². The first-order valence-corrected chi connectivity index (χ1v) is 4.58. The maximum atomic E-state index is 10.1. The second-order valence-electron chi connectivity index (χ2n) is 2.22. The number of para-hydroxylation sites is 1. The first-order chi connectivity index (χ1) is 6.29. The molecule has 0 unspecified atom stereocenters. The highest BCUT2D eigenvalue weighted by Gasteiger charge is 2.05. The molecule has 1 aromatic rings. The fourth-order valence-corrected chi connectivity index (χ4v) is 1.36. The number of hydrogen-bond acceptors (Lipinski definition) is 3. The third-order valence-corrected chi connectivity index (χ3v) is 2.05. The molecule has 3 nitrogen and oxygen atoms in total. The molecule has 0 saturated heterocycles. The molecule has 0 spiro atoms. The van der Waals surface area contributed by atoms with Gasteiger partial charge in [-0.15, -0.1) is 0 Å². The van der Waals surface area contributed by atoms with Crippen LogP contribution in [0.25, 0.3) is 0 Å². The normalized spacial score (nSPS) is 9.08. The third kappa shape index (κ3) is 2.41. The van der Waals surface area contributed by atoms with Crippen molar-refractivity contribution in [2.24, 2.45) is 4.99 Å². The van der Waals surface area contributed by atoms with Gasteiger partial charge < -0.3 is 4.74 Å². The third-order valence-electron chi connectivity index (χ3n) is 1.41. The Kier molecular flexibility index (Phi) is 3.68. The molecule has 68 valence electrons. The number of benzene rings is 1. The molecule has 0 heterocycles. The topological polar surface area (TPSA) is 38.7 Å². The average molecular weight is 242 g/mol. The number of carbonyl (C=O) groups excluding carboxylic acids is 1. The zero-order valence-electron chi connectivity index (χ0n) is 7.08. The van der Waals surface area contributed by atoms with Gasteiger partial charge in [0.2, 0.25) is 6.08 Å². The van der Waals surface area contributed by atoms with Gasteiger partial charge >= 0.3 is 0 Å². The second-order valence-corrected chi connectivity index (χ2v) is 3.08. The van der Waals surface area contributed by atoms with E-state index >= 15 is 0 Å². The quantitative estimate of drug-likeness (QED) is 0.603. The van der Waals surface area contributed by atoms with E-state index in [0.717, 1.165) is 4.47 Å². The van der Waals surface area contributed by atoms with Gasteiger partial charge in [0.25, 0.3) is 0 Å². The summed E-state index contributed by atoms with van der Waals surface area (Å²) in [4.78, 5) is 13.7. The number of halogens is 1. The van der Waals surface area contributed by atoms with E-state index in [-0.39, 0.29) is 0 Å². The Morgan fingerprint density at radius 1 is 1.62 bits per heavy atom. The van der Waals surface area contributed by atoms with Gasteiger partial charge in [0.15, 0.2) is 0 Å². The van der Waals surface area contributed by atoms with Crippen molar-refractivity contribution in [1.29, 1.82) is 0 Å². The van der Waals surface area contributed by atoms with Crippen LogP contribution in [0.3, 0.4) is 0 Å². The predicted octanol–water partition coefficient (Wildman–Crippen LogP) is 2.82. The van der Waals surface area contributed by atoms with Crippen LogP contribution in [-0.2, 0) is 4.79 Å². The van der Waals surface area contributed by atoms with Crippen LogP contribution in [0.4, 0.5) is 5.69 Å². The Hall–Kier alpha value is -1.12. The smallest absolute Gasteiger partial charge is 0.240 e. The monoisotopic (exact) mass is 241 g/mol. The summed E-state index contributed by atoms with van der Waals surface area (Å²) >= 11 is 3.27. The number of nitrogens with zero attached hydrogens (tertiary/aromatic N) is 1. The standard InChI is InChI=1S/C9H8BrNO2/c1-2-13-8-5-3-4-7(10)9(8)11-6-12/h3-5H,2H2,1H3. The fraction of sp³-hybridized carbons (Fsp3) is 0.222. The summed E-state index contributed by atoms with van der Waals surface area (Å²) in [6.45, 7) is 2.41. The molecule has 0 radical (unpaired) electrons. The van der Waals surface area contributed by atoms with Crippen molar-refractivity contribution in [2.75, 3.05) is 6.61 Å². The van der Waals surface area contributed by atoms with Gasteiger partial charge in [0.05, 0.1) is 6.61 Å². The van der Waals surface area contributed by atoms with Gasteiger partial charge in [-0.2, -0.15) is 4.99 Å². The van der Waals surface area contributed by atoms with Crippen molar-refractivity contribution in [3.63, 3.8) is 0 Å². The summed E-state index contributed by atoms with van der Waals surface area (Å²) in [5, 5.41) is 0. The molecule has 0 aliphatic heterocycles. The van der Waals surface area contributed by atoms with Crippen molar-refractivity contribution in [3.8, 4) is 5.75 Å². The lowest BCUT2D eigenvalue weighted by molar-refractivity contribution is 0.341. The van der Waals surface area contributed by atoms with E-state index in [9.17, 15) is 4.79 Å². The molecule has 0 amide bonds. The maximum absolute atomic E-state index is 10.1. The molecule has 1 rings (SSSR count). The molecule has 0 atom stereocenters. The van der Waals surface area contributed by atoms with Crippen molar-refractivity contribution < 1.29 is 9.53 Å². The molecular formula is C9H8BrNO2. The van der Waals surface area contributed by atoms with Crippen molar-refractivity contribution in [1.82, 2.24) is 0 Å². The molecule has 13 heavy (non-hydrogen) atoms. The minimum absolute atomic E-state index is 0.486. The zero-order valence-corrected chi connectivity index (χ0v) is 8.67. The lowest BCUT2D eigenvalue weighted by Crippen LogP contribution is -1.91. The minimum atomic E-state index is 0.486. The van der Waals surface area contributed by atoms with Crippen LogP contribution in [0.2, 0.25) is 0 Å². The highest BCUT2D eigenvalue weighted by Crippen LogP contribution is 2.34. The first-order valence-electron chi connectivity index (χ1n) is 3.78. The van der Waals surface area contributed by atoms with Gasteiger partial charge in [0.1, 0.15) is 11.4 Å². The van der Waals surface area contributed by atoms with Crippen LogP contribution in [-0.4, -0.2) is 12.7 Å². The van der Waals surface area contributed by atoms with Crippen LogP contribution in [0.5, 0.6) is 5.75 Å². The average Bonchev–Trinajstić information content (AvgIpc) is 2.11. The van der Waals surface area contributed by atoms with Crippen LogP contribution in [0.15, 0.2) is 27.7 Å². The lowest BCUT2D eigenvalue weighted by atomic mass is 10.3. The molecule has 0 N–H and O–H groups in total. The molecular weight excluding hydrogens is 234 g/mol. The number of ether oxygens (including phenoxy) is 1. The number of hydrogen-bond donors (Lipinski definition) is 0. The Morgan fingerprint density at radius 2 is 2.38 bits per heavy atom. The Balaban J connectivity index is 3.16. The first kappa shape index (κ1) is 9.96. The van der Waals surface area contributed by atoms with E-state index in [1.54, 1.807) is 12.1 Å². The van der Waals surface area contributed by atoms with Crippen molar-refractivity contribution in [2.45, 2.75) is 6.92 Å².